The number of nitrogens with one attached hydrogen (secondary N) is 2. The van der Waals surface area contributed by atoms with E-state index >= 15 is 0 Å². The number of para-hydroxylation sites is 2. The standard InChI is InChI=1S/C18H24N4O2/c19-14-18(7-3-4-8-18)20-17(24)13-21-9-11-22(12-10-21)15-5-1-2-6-16(15)23/h1-2,5-6,23H,3-4,7-13H2,(H,20,24)/p+1. The molecule has 2 fully saturated rings. The van der Waals surface area contributed by atoms with Crippen LogP contribution in [-0.2, 0) is 4.79 Å². The van der Waals surface area contributed by atoms with E-state index in [0.717, 1.165) is 57.5 Å². The quantitative estimate of drug-likeness (QED) is 0.729. The van der Waals surface area contributed by atoms with Crippen LogP contribution in [0.3, 0.4) is 0 Å². The van der Waals surface area contributed by atoms with E-state index in [-0.39, 0.29) is 5.91 Å². The number of carbonyl (C=O) groups is 1. The number of anilines is 1. The molecule has 2 aliphatic rings. The van der Waals surface area contributed by atoms with Gasteiger partial charge in [0.2, 0.25) is 0 Å². The van der Waals surface area contributed by atoms with Gasteiger partial charge in [-0.25, -0.2) is 0 Å². The van der Waals surface area contributed by atoms with Crippen LogP contribution >= 0.6 is 0 Å². The van der Waals surface area contributed by atoms with Crippen LogP contribution in [0, 0.1) is 11.3 Å². The molecule has 1 saturated heterocycles. The molecule has 1 saturated carbocycles. The smallest absolute Gasteiger partial charge is 0.276 e. The van der Waals surface area contributed by atoms with Gasteiger partial charge in [0.15, 0.2) is 6.54 Å². The summed E-state index contributed by atoms with van der Waals surface area (Å²) < 4.78 is 0. The van der Waals surface area contributed by atoms with Crippen molar-refractivity contribution >= 4 is 11.6 Å². The van der Waals surface area contributed by atoms with E-state index < -0.39 is 5.54 Å². The van der Waals surface area contributed by atoms with Gasteiger partial charge in [-0.15, -0.1) is 0 Å². The highest BCUT2D eigenvalue weighted by molar-refractivity contribution is 5.78. The van der Waals surface area contributed by atoms with Gasteiger partial charge in [-0.2, -0.15) is 5.26 Å². The summed E-state index contributed by atoms with van der Waals surface area (Å²) in [5, 5.41) is 22.3. The minimum absolute atomic E-state index is 0.0236. The molecule has 0 spiro atoms. The lowest BCUT2D eigenvalue weighted by atomic mass is 10.00. The number of hydrogen-bond donors (Lipinski definition) is 3. The van der Waals surface area contributed by atoms with Crippen molar-refractivity contribution in [3.63, 3.8) is 0 Å². The third kappa shape index (κ3) is 3.62. The van der Waals surface area contributed by atoms with Gasteiger partial charge < -0.3 is 20.2 Å². The maximum absolute atomic E-state index is 12.3. The largest absolute Gasteiger partial charge is 0.506 e. The molecule has 0 radical (unpaired) electrons. The van der Waals surface area contributed by atoms with Crippen LogP contribution < -0.4 is 15.1 Å². The van der Waals surface area contributed by atoms with Crippen molar-refractivity contribution in [2.75, 3.05) is 37.6 Å². The van der Waals surface area contributed by atoms with Crippen molar-refractivity contribution in [1.82, 2.24) is 5.32 Å². The second kappa shape index (κ2) is 7.10. The molecular formula is C18H25N4O2+. The van der Waals surface area contributed by atoms with Gasteiger partial charge in [-0.3, -0.25) is 4.79 Å². The van der Waals surface area contributed by atoms with Crippen LogP contribution in [-0.4, -0.2) is 49.3 Å². The normalized spacial score (nSPS) is 20.5. The molecule has 6 heteroatoms. The summed E-state index contributed by atoms with van der Waals surface area (Å²) in [7, 11) is 0. The topological polar surface area (TPSA) is 80.8 Å². The number of hydrogen-bond acceptors (Lipinski definition) is 4. The molecule has 1 aliphatic heterocycles. The van der Waals surface area contributed by atoms with Crippen molar-refractivity contribution in [3.05, 3.63) is 24.3 Å². The maximum atomic E-state index is 12.3. The Hall–Kier alpha value is -2.26. The second-order valence-corrected chi connectivity index (χ2v) is 6.85. The molecular weight excluding hydrogens is 304 g/mol. The van der Waals surface area contributed by atoms with Crippen LogP contribution in [0.2, 0.25) is 0 Å². The maximum Gasteiger partial charge on any atom is 0.276 e. The van der Waals surface area contributed by atoms with E-state index in [0.29, 0.717) is 12.3 Å². The summed E-state index contributed by atoms with van der Waals surface area (Å²) in [4.78, 5) is 15.7. The summed E-state index contributed by atoms with van der Waals surface area (Å²) in [6.07, 6.45) is 3.57. The highest BCUT2D eigenvalue weighted by Gasteiger charge is 2.36. The monoisotopic (exact) mass is 329 g/mol. The molecule has 24 heavy (non-hydrogen) atoms. The summed E-state index contributed by atoms with van der Waals surface area (Å²) in [6.45, 7) is 3.73. The number of rotatable bonds is 4. The molecule has 0 bridgehead atoms. The molecule has 0 aromatic heterocycles. The predicted octanol–water partition coefficient (Wildman–Crippen LogP) is 0.0497. The third-order valence-corrected chi connectivity index (χ3v) is 5.15. The van der Waals surface area contributed by atoms with Gasteiger partial charge >= 0.3 is 0 Å². The Morgan fingerprint density at radius 1 is 1.29 bits per heavy atom. The fourth-order valence-corrected chi connectivity index (χ4v) is 3.75. The minimum Gasteiger partial charge on any atom is -0.506 e. The molecule has 6 nitrogen and oxygen atoms in total. The lowest BCUT2D eigenvalue weighted by Gasteiger charge is -2.34. The molecule has 0 unspecified atom stereocenters. The van der Waals surface area contributed by atoms with Crippen LogP contribution in [0.4, 0.5) is 5.69 Å². The molecule has 3 rings (SSSR count). The van der Waals surface area contributed by atoms with Gasteiger partial charge in [0, 0.05) is 0 Å². The number of phenolic OH excluding ortho intramolecular Hbond substituents is 1. The van der Waals surface area contributed by atoms with Crippen LogP contribution in [0.15, 0.2) is 24.3 Å². The van der Waals surface area contributed by atoms with Crippen LogP contribution in [0.5, 0.6) is 5.75 Å². The summed E-state index contributed by atoms with van der Waals surface area (Å²) >= 11 is 0. The van der Waals surface area contributed by atoms with Crippen molar-refractivity contribution in [2.24, 2.45) is 0 Å². The zero-order chi connectivity index (χ0) is 17.0. The Bertz CT molecular complexity index is 626. The van der Waals surface area contributed by atoms with Crippen LogP contribution in [0.1, 0.15) is 25.7 Å². The van der Waals surface area contributed by atoms with E-state index in [2.05, 4.69) is 16.3 Å². The number of phenols is 1. The Morgan fingerprint density at radius 3 is 2.58 bits per heavy atom. The van der Waals surface area contributed by atoms with Crippen LogP contribution in [0.25, 0.3) is 0 Å². The average Bonchev–Trinajstić information content (AvgIpc) is 3.05. The van der Waals surface area contributed by atoms with Crippen molar-refractivity contribution < 1.29 is 14.8 Å². The lowest BCUT2D eigenvalue weighted by molar-refractivity contribution is -0.892. The SMILES string of the molecule is N#CC1(NC(=O)C[NH+]2CCN(c3ccccc3O)CC2)CCCC1. The zero-order valence-corrected chi connectivity index (χ0v) is 13.9. The lowest BCUT2D eigenvalue weighted by Crippen LogP contribution is -3.16. The fraction of sp³-hybridized carbons (Fsp3) is 0.556. The van der Waals surface area contributed by atoms with E-state index in [1.54, 1.807) is 6.07 Å². The Balaban J connectivity index is 1.50. The number of nitrogens with zero attached hydrogens (tertiary/aromatic N) is 2. The fourth-order valence-electron chi connectivity index (χ4n) is 3.75. The third-order valence-electron chi connectivity index (χ3n) is 5.15. The van der Waals surface area contributed by atoms with E-state index in [1.165, 1.54) is 4.90 Å². The Kier molecular flexibility index (Phi) is 4.91. The number of benzene rings is 1. The molecule has 0 atom stereocenters. The van der Waals surface area contributed by atoms with E-state index in [9.17, 15) is 15.2 Å². The summed E-state index contributed by atoms with van der Waals surface area (Å²) in [5.74, 6) is 0.278. The first-order valence-corrected chi connectivity index (χ1v) is 8.71. The Labute approximate surface area is 142 Å². The highest BCUT2D eigenvalue weighted by Crippen LogP contribution is 2.28. The molecule has 1 aromatic rings. The van der Waals surface area contributed by atoms with Crippen molar-refractivity contribution in [1.29, 1.82) is 5.26 Å². The average molecular weight is 329 g/mol. The number of quaternary nitrogens is 1. The van der Waals surface area contributed by atoms with Gasteiger partial charge in [-0.1, -0.05) is 12.1 Å². The van der Waals surface area contributed by atoms with Crippen molar-refractivity contribution in [3.8, 4) is 11.8 Å². The Morgan fingerprint density at radius 2 is 1.96 bits per heavy atom. The number of carbonyl (C=O) groups excluding carboxylic acids is 1. The molecule has 128 valence electrons. The first-order valence-electron chi connectivity index (χ1n) is 8.71. The summed E-state index contributed by atoms with van der Waals surface area (Å²) in [5.41, 5.74) is 0.226. The van der Waals surface area contributed by atoms with Crippen molar-refractivity contribution in [2.45, 2.75) is 31.2 Å². The number of aromatic hydroxyl groups is 1. The second-order valence-electron chi connectivity index (χ2n) is 6.85. The summed E-state index contributed by atoms with van der Waals surface area (Å²) in [6, 6.07) is 9.66. The molecule has 1 heterocycles. The number of piperazine rings is 1. The number of nitriles is 1. The first-order chi connectivity index (χ1) is 11.6. The molecule has 3 N–H and O–H groups in total. The molecule has 1 amide bonds. The zero-order valence-electron chi connectivity index (χ0n) is 13.9. The van der Waals surface area contributed by atoms with Gasteiger partial charge in [0.1, 0.15) is 11.3 Å². The highest BCUT2D eigenvalue weighted by atomic mass is 16.3. The van der Waals surface area contributed by atoms with Gasteiger partial charge in [-0.05, 0) is 37.8 Å². The van der Waals surface area contributed by atoms with E-state index in [4.69, 9.17) is 0 Å². The molecule has 1 aliphatic carbocycles. The van der Waals surface area contributed by atoms with Gasteiger partial charge in [0.05, 0.1) is 37.9 Å². The predicted molar refractivity (Wildman–Crippen MR) is 90.8 cm³/mol. The molecule has 1 aromatic carbocycles. The van der Waals surface area contributed by atoms with E-state index in [1.807, 2.05) is 18.2 Å². The minimum atomic E-state index is -0.631. The first kappa shape index (κ1) is 16.6. The number of amides is 1. The van der Waals surface area contributed by atoms with Gasteiger partial charge in [0.25, 0.3) is 5.91 Å².